The number of aromatic nitrogens is 1. The van der Waals surface area contributed by atoms with Crippen LogP contribution in [0.5, 0.6) is 5.75 Å². The van der Waals surface area contributed by atoms with Gasteiger partial charge in [0.1, 0.15) is 5.75 Å². The summed E-state index contributed by atoms with van der Waals surface area (Å²) < 4.78 is 9.88. The van der Waals surface area contributed by atoms with Crippen molar-refractivity contribution in [1.29, 1.82) is 0 Å². The van der Waals surface area contributed by atoms with Gasteiger partial charge in [-0.15, -0.1) is 11.3 Å². The van der Waals surface area contributed by atoms with E-state index in [1.807, 2.05) is 11.4 Å². The lowest BCUT2D eigenvalue weighted by Crippen LogP contribution is -2.19. The average molecular weight is 383 g/mol. The zero-order valence-corrected chi connectivity index (χ0v) is 15.5. The second-order valence-electron chi connectivity index (χ2n) is 5.39. The van der Waals surface area contributed by atoms with Crippen molar-refractivity contribution in [2.75, 3.05) is 24.9 Å². The second-order valence-corrected chi connectivity index (χ2v) is 6.24. The van der Waals surface area contributed by atoms with Crippen LogP contribution < -0.4 is 15.4 Å². The fourth-order valence-corrected chi connectivity index (χ4v) is 3.07. The lowest BCUT2D eigenvalue weighted by molar-refractivity contribution is 0.0600. The molecule has 0 spiro atoms. The van der Waals surface area contributed by atoms with E-state index >= 15 is 0 Å². The molecular formula is C19H17N3O4S. The molecule has 0 saturated heterocycles. The van der Waals surface area contributed by atoms with Crippen molar-refractivity contribution in [2.24, 2.45) is 0 Å². The Hall–Kier alpha value is -3.39. The van der Waals surface area contributed by atoms with Crippen molar-refractivity contribution in [3.8, 4) is 17.0 Å². The molecule has 0 saturated carbocycles. The predicted octanol–water partition coefficient (Wildman–Crippen LogP) is 4.25. The molecule has 2 aromatic carbocycles. The first kappa shape index (κ1) is 18.4. The number of benzene rings is 2. The summed E-state index contributed by atoms with van der Waals surface area (Å²) in [5.41, 5.74) is 2.56. The van der Waals surface area contributed by atoms with E-state index in [0.717, 1.165) is 5.56 Å². The summed E-state index contributed by atoms with van der Waals surface area (Å²) in [7, 11) is 2.88. The molecule has 3 rings (SSSR count). The van der Waals surface area contributed by atoms with Gasteiger partial charge in [-0.3, -0.25) is 5.32 Å². The monoisotopic (exact) mass is 383 g/mol. The molecule has 1 aromatic heterocycles. The number of thiazole rings is 1. The molecule has 0 bridgehead atoms. The van der Waals surface area contributed by atoms with E-state index in [4.69, 9.17) is 4.74 Å². The van der Waals surface area contributed by atoms with Gasteiger partial charge in [0.25, 0.3) is 0 Å². The highest BCUT2D eigenvalue weighted by atomic mass is 32.1. The zero-order chi connectivity index (χ0) is 19.2. The standard InChI is InChI=1S/C19H17N3O4S/c1-25-16-6-4-3-5-14(16)20-18(24)22-19-21-15(11-27-19)12-7-9-13(10-8-12)17(23)26-2/h3-11H,1-2H3,(H2,20,21,22,24). The molecule has 1 heterocycles. The highest BCUT2D eigenvalue weighted by Gasteiger charge is 2.11. The minimum absolute atomic E-state index is 0.393. The van der Waals surface area contributed by atoms with Gasteiger partial charge in [0, 0.05) is 10.9 Å². The molecule has 0 atom stereocenters. The topological polar surface area (TPSA) is 89.5 Å². The smallest absolute Gasteiger partial charge is 0.337 e. The molecule has 0 aliphatic heterocycles. The Morgan fingerprint density at radius 3 is 2.44 bits per heavy atom. The lowest BCUT2D eigenvalue weighted by atomic mass is 10.1. The molecule has 27 heavy (non-hydrogen) atoms. The van der Waals surface area contributed by atoms with Crippen LogP contribution in [0.4, 0.5) is 15.6 Å². The highest BCUT2D eigenvalue weighted by molar-refractivity contribution is 7.14. The van der Waals surface area contributed by atoms with Gasteiger partial charge in [-0.25, -0.2) is 14.6 Å². The Labute approximate surface area is 160 Å². The quantitative estimate of drug-likeness (QED) is 0.643. The van der Waals surface area contributed by atoms with Crippen molar-refractivity contribution < 1.29 is 19.1 Å². The van der Waals surface area contributed by atoms with Gasteiger partial charge in [0.2, 0.25) is 0 Å². The molecule has 138 valence electrons. The van der Waals surface area contributed by atoms with Crippen LogP contribution in [-0.4, -0.2) is 31.2 Å². The van der Waals surface area contributed by atoms with Crippen LogP contribution in [0.1, 0.15) is 10.4 Å². The molecular weight excluding hydrogens is 366 g/mol. The maximum Gasteiger partial charge on any atom is 0.337 e. The predicted molar refractivity (Wildman–Crippen MR) is 105 cm³/mol. The van der Waals surface area contributed by atoms with Crippen molar-refractivity contribution in [3.05, 3.63) is 59.5 Å². The Kier molecular flexibility index (Phi) is 5.68. The Morgan fingerprint density at radius 2 is 1.74 bits per heavy atom. The van der Waals surface area contributed by atoms with Gasteiger partial charge in [-0.05, 0) is 24.3 Å². The van der Waals surface area contributed by atoms with E-state index in [-0.39, 0.29) is 0 Å². The van der Waals surface area contributed by atoms with Gasteiger partial charge in [-0.2, -0.15) is 0 Å². The molecule has 7 nitrogen and oxygen atoms in total. The second kappa shape index (κ2) is 8.33. The van der Waals surface area contributed by atoms with E-state index in [1.165, 1.54) is 25.6 Å². The third kappa shape index (κ3) is 4.42. The molecule has 0 aliphatic carbocycles. The number of esters is 1. The Morgan fingerprint density at radius 1 is 1.00 bits per heavy atom. The van der Waals surface area contributed by atoms with Crippen LogP contribution in [-0.2, 0) is 4.74 Å². The number of para-hydroxylation sites is 2. The number of nitrogens with zero attached hydrogens (tertiary/aromatic N) is 1. The van der Waals surface area contributed by atoms with Crippen LogP contribution in [0.2, 0.25) is 0 Å². The van der Waals surface area contributed by atoms with Crippen molar-refractivity contribution >= 4 is 34.2 Å². The fourth-order valence-electron chi connectivity index (χ4n) is 2.36. The Balaban J connectivity index is 1.67. The SMILES string of the molecule is COC(=O)c1ccc(-c2csc(NC(=O)Nc3ccccc3OC)n2)cc1. The van der Waals surface area contributed by atoms with Gasteiger partial charge in [0.15, 0.2) is 5.13 Å². The van der Waals surface area contributed by atoms with E-state index in [2.05, 4.69) is 20.4 Å². The molecule has 3 aromatic rings. The average Bonchev–Trinajstić information content (AvgIpc) is 3.16. The number of anilines is 2. The van der Waals surface area contributed by atoms with Crippen molar-refractivity contribution in [1.82, 2.24) is 4.98 Å². The first-order valence-electron chi connectivity index (χ1n) is 7.96. The van der Waals surface area contributed by atoms with Crippen LogP contribution in [0.25, 0.3) is 11.3 Å². The number of methoxy groups -OCH3 is 2. The van der Waals surface area contributed by atoms with E-state index in [0.29, 0.717) is 27.8 Å². The van der Waals surface area contributed by atoms with Gasteiger partial charge < -0.3 is 14.8 Å². The summed E-state index contributed by atoms with van der Waals surface area (Å²) >= 11 is 1.30. The Bertz CT molecular complexity index is 954. The molecule has 0 fully saturated rings. The number of urea groups is 1. The third-order valence-electron chi connectivity index (χ3n) is 3.68. The summed E-state index contributed by atoms with van der Waals surface area (Å²) in [5, 5.41) is 7.70. The molecule has 2 N–H and O–H groups in total. The number of ether oxygens (including phenoxy) is 2. The first-order valence-corrected chi connectivity index (χ1v) is 8.84. The molecule has 2 amide bonds. The molecule has 8 heteroatoms. The lowest BCUT2D eigenvalue weighted by Gasteiger charge is -2.09. The molecule has 0 unspecified atom stereocenters. The number of amides is 2. The number of hydrogen-bond donors (Lipinski definition) is 2. The summed E-state index contributed by atoms with van der Waals surface area (Å²) in [4.78, 5) is 28.1. The maximum atomic E-state index is 12.2. The minimum Gasteiger partial charge on any atom is -0.495 e. The third-order valence-corrected chi connectivity index (χ3v) is 4.44. The van der Waals surface area contributed by atoms with E-state index < -0.39 is 12.0 Å². The summed E-state index contributed by atoms with van der Waals surface area (Å²) in [6.07, 6.45) is 0. The summed E-state index contributed by atoms with van der Waals surface area (Å²) in [6, 6.07) is 13.6. The maximum absolute atomic E-state index is 12.2. The number of rotatable bonds is 5. The largest absolute Gasteiger partial charge is 0.495 e. The van der Waals surface area contributed by atoms with E-state index in [9.17, 15) is 9.59 Å². The minimum atomic E-state index is -0.415. The van der Waals surface area contributed by atoms with Crippen LogP contribution >= 0.6 is 11.3 Å². The van der Waals surface area contributed by atoms with Gasteiger partial charge >= 0.3 is 12.0 Å². The van der Waals surface area contributed by atoms with Crippen LogP contribution in [0, 0.1) is 0 Å². The fraction of sp³-hybridized carbons (Fsp3) is 0.105. The van der Waals surface area contributed by atoms with Crippen molar-refractivity contribution in [3.63, 3.8) is 0 Å². The zero-order valence-electron chi connectivity index (χ0n) is 14.7. The first-order chi connectivity index (χ1) is 13.1. The number of carbonyl (C=O) groups is 2. The highest BCUT2D eigenvalue weighted by Crippen LogP contribution is 2.26. The molecule has 0 radical (unpaired) electrons. The summed E-state index contributed by atoms with van der Waals surface area (Å²) in [5.74, 6) is 0.174. The summed E-state index contributed by atoms with van der Waals surface area (Å²) in [6.45, 7) is 0. The molecule has 0 aliphatic rings. The number of nitrogens with one attached hydrogen (secondary N) is 2. The van der Waals surface area contributed by atoms with Gasteiger partial charge in [0.05, 0.1) is 31.2 Å². The number of hydrogen-bond acceptors (Lipinski definition) is 6. The van der Waals surface area contributed by atoms with Crippen LogP contribution in [0.3, 0.4) is 0 Å². The van der Waals surface area contributed by atoms with Crippen LogP contribution in [0.15, 0.2) is 53.9 Å². The number of carbonyl (C=O) groups excluding carboxylic acids is 2. The van der Waals surface area contributed by atoms with E-state index in [1.54, 1.807) is 42.5 Å². The van der Waals surface area contributed by atoms with Crippen molar-refractivity contribution in [2.45, 2.75) is 0 Å². The normalized spacial score (nSPS) is 10.1. The van der Waals surface area contributed by atoms with Gasteiger partial charge in [-0.1, -0.05) is 24.3 Å².